The van der Waals surface area contributed by atoms with Gasteiger partial charge in [0.15, 0.2) is 0 Å². The molecule has 1 aliphatic rings. The second kappa shape index (κ2) is 10.7. The molecule has 1 aliphatic carbocycles. The summed E-state index contributed by atoms with van der Waals surface area (Å²) in [5.41, 5.74) is 3.81. The second-order valence-electron chi connectivity index (χ2n) is 9.63. The van der Waals surface area contributed by atoms with Crippen LogP contribution in [0.3, 0.4) is 0 Å². The van der Waals surface area contributed by atoms with Crippen molar-refractivity contribution in [1.29, 1.82) is 0 Å². The van der Waals surface area contributed by atoms with E-state index in [4.69, 9.17) is 14.2 Å². The molecule has 2 aromatic rings. The maximum atomic E-state index is 12.6. The average molecular weight is 468 g/mol. The lowest BCUT2D eigenvalue weighted by molar-refractivity contribution is -0.155. The van der Waals surface area contributed by atoms with Gasteiger partial charge in [-0.1, -0.05) is 48.5 Å². The van der Waals surface area contributed by atoms with Crippen LogP contribution < -0.4 is 5.32 Å². The molecule has 0 saturated carbocycles. The topological polar surface area (TPSA) is 90.9 Å². The van der Waals surface area contributed by atoms with E-state index in [-0.39, 0.29) is 31.5 Å². The molecule has 3 rings (SSSR count). The van der Waals surface area contributed by atoms with Crippen LogP contribution in [-0.4, -0.2) is 42.4 Å². The van der Waals surface area contributed by atoms with Gasteiger partial charge in [0.25, 0.3) is 0 Å². The SMILES string of the molecule is CC(C)OC(=O)[C@H](CCC(=O)OC(C)(C)C)NC(=O)OCC1c2ccccc2-c2ccccc21. The summed E-state index contributed by atoms with van der Waals surface area (Å²) in [6.07, 6.45) is -1.10. The number of benzene rings is 2. The van der Waals surface area contributed by atoms with Gasteiger partial charge in [-0.15, -0.1) is 0 Å². The third kappa shape index (κ3) is 6.59. The van der Waals surface area contributed by atoms with Crippen molar-refractivity contribution in [1.82, 2.24) is 5.32 Å². The largest absolute Gasteiger partial charge is 0.461 e. The number of hydrogen-bond donors (Lipinski definition) is 1. The number of esters is 2. The number of ether oxygens (including phenoxy) is 3. The van der Waals surface area contributed by atoms with E-state index in [1.54, 1.807) is 34.6 Å². The van der Waals surface area contributed by atoms with Crippen molar-refractivity contribution in [2.24, 2.45) is 0 Å². The van der Waals surface area contributed by atoms with Crippen molar-refractivity contribution in [2.75, 3.05) is 6.61 Å². The number of alkyl carbamates (subject to hydrolysis) is 1. The van der Waals surface area contributed by atoms with Crippen molar-refractivity contribution in [3.8, 4) is 11.1 Å². The summed E-state index contributed by atoms with van der Waals surface area (Å²) in [5, 5.41) is 2.57. The zero-order valence-electron chi connectivity index (χ0n) is 20.4. The zero-order valence-corrected chi connectivity index (χ0v) is 20.4. The van der Waals surface area contributed by atoms with Gasteiger partial charge in [0.05, 0.1) is 6.10 Å². The molecule has 182 valence electrons. The molecule has 0 heterocycles. The molecule has 0 aliphatic heterocycles. The van der Waals surface area contributed by atoms with Gasteiger partial charge in [0.1, 0.15) is 18.2 Å². The molecule has 0 unspecified atom stereocenters. The molecule has 0 fully saturated rings. The number of hydrogen-bond acceptors (Lipinski definition) is 6. The molecule has 7 nitrogen and oxygen atoms in total. The predicted octanol–water partition coefficient (Wildman–Crippen LogP) is 4.97. The van der Waals surface area contributed by atoms with Gasteiger partial charge in [-0.25, -0.2) is 9.59 Å². The minimum Gasteiger partial charge on any atom is -0.461 e. The van der Waals surface area contributed by atoms with Crippen LogP contribution in [0.2, 0.25) is 0 Å². The smallest absolute Gasteiger partial charge is 0.407 e. The van der Waals surface area contributed by atoms with Crippen LogP contribution in [0.5, 0.6) is 0 Å². The summed E-state index contributed by atoms with van der Waals surface area (Å²) >= 11 is 0. The van der Waals surface area contributed by atoms with Gasteiger partial charge in [0, 0.05) is 12.3 Å². The number of amides is 1. The Kier molecular flexibility index (Phi) is 7.97. The quantitative estimate of drug-likeness (QED) is 0.436. The molecule has 1 atom stereocenters. The van der Waals surface area contributed by atoms with E-state index in [9.17, 15) is 14.4 Å². The molecule has 2 aromatic carbocycles. The standard InChI is InChI=1S/C27H33NO6/c1-17(2)33-25(30)23(14-15-24(29)34-27(3,4)5)28-26(31)32-16-22-20-12-8-6-10-18(20)19-11-7-9-13-21(19)22/h6-13,17,22-23H,14-16H2,1-5H3,(H,28,31)/t23-/m0/s1. The maximum Gasteiger partial charge on any atom is 0.407 e. The molecule has 1 amide bonds. The van der Waals surface area contributed by atoms with Gasteiger partial charge in [0.2, 0.25) is 0 Å². The minimum absolute atomic E-state index is 0.0429. The van der Waals surface area contributed by atoms with Crippen LogP contribution in [-0.2, 0) is 23.8 Å². The fourth-order valence-corrected chi connectivity index (χ4v) is 4.00. The van der Waals surface area contributed by atoms with Crippen molar-refractivity contribution in [3.05, 3.63) is 59.7 Å². The molecule has 34 heavy (non-hydrogen) atoms. The Bertz CT molecular complexity index is 994. The van der Waals surface area contributed by atoms with Gasteiger partial charge in [-0.2, -0.15) is 0 Å². The molecule has 1 N–H and O–H groups in total. The Labute approximate surface area is 200 Å². The van der Waals surface area contributed by atoms with E-state index in [1.807, 2.05) is 36.4 Å². The zero-order chi connectivity index (χ0) is 24.9. The second-order valence-corrected chi connectivity index (χ2v) is 9.63. The van der Waals surface area contributed by atoms with E-state index in [1.165, 1.54) is 0 Å². The van der Waals surface area contributed by atoms with Crippen LogP contribution in [0.15, 0.2) is 48.5 Å². The highest BCUT2D eigenvalue weighted by molar-refractivity contribution is 5.83. The first-order chi connectivity index (χ1) is 16.0. The third-order valence-electron chi connectivity index (χ3n) is 5.33. The lowest BCUT2D eigenvalue weighted by atomic mass is 9.98. The minimum atomic E-state index is -1.02. The fraction of sp³-hybridized carbons (Fsp3) is 0.444. The highest BCUT2D eigenvalue weighted by Gasteiger charge is 2.30. The molecule has 0 radical (unpaired) electrons. The molecule has 0 bridgehead atoms. The fourth-order valence-electron chi connectivity index (χ4n) is 4.00. The lowest BCUT2D eigenvalue weighted by Gasteiger charge is -2.22. The van der Waals surface area contributed by atoms with E-state index in [0.717, 1.165) is 22.3 Å². The third-order valence-corrected chi connectivity index (χ3v) is 5.33. The highest BCUT2D eigenvalue weighted by Crippen LogP contribution is 2.44. The summed E-state index contributed by atoms with van der Waals surface area (Å²) in [4.78, 5) is 37.3. The van der Waals surface area contributed by atoms with Crippen LogP contribution in [0, 0.1) is 0 Å². The average Bonchev–Trinajstić information content (AvgIpc) is 3.07. The first-order valence-corrected chi connectivity index (χ1v) is 11.6. The highest BCUT2D eigenvalue weighted by atomic mass is 16.6. The number of rotatable bonds is 8. The maximum absolute atomic E-state index is 12.6. The van der Waals surface area contributed by atoms with Gasteiger partial charge in [-0.05, 0) is 63.3 Å². The molecular formula is C27H33NO6. The Balaban J connectivity index is 1.64. The van der Waals surface area contributed by atoms with Crippen molar-refractivity contribution >= 4 is 18.0 Å². The molecule has 0 aromatic heterocycles. The summed E-state index contributed by atoms with van der Waals surface area (Å²) in [6.45, 7) is 8.86. The van der Waals surface area contributed by atoms with Crippen LogP contribution >= 0.6 is 0 Å². The van der Waals surface area contributed by atoms with Crippen LogP contribution in [0.1, 0.15) is 64.5 Å². The number of fused-ring (bicyclic) bond motifs is 3. The van der Waals surface area contributed by atoms with Crippen molar-refractivity contribution in [3.63, 3.8) is 0 Å². The van der Waals surface area contributed by atoms with Crippen molar-refractivity contribution in [2.45, 2.75) is 71.1 Å². The van der Waals surface area contributed by atoms with Gasteiger partial charge >= 0.3 is 18.0 Å². The summed E-state index contributed by atoms with van der Waals surface area (Å²) in [5.74, 6) is -1.17. The summed E-state index contributed by atoms with van der Waals surface area (Å²) in [6, 6.07) is 15.1. The number of carbonyl (C=O) groups is 3. The Hall–Kier alpha value is -3.35. The first kappa shape index (κ1) is 25.3. The van der Waals surface area contributed by atoms with Crippen LogP contribution in [0.4, 0.5) is 4.79 Å². The first-order valence-electron chi connectivity index (χ1n) is 11.6. The Morgan fingerprint density at radius 1 is 0.941 bits per heavy atom. The molecule has 7 heteroatoms. The molecule has 0 saturated heterocycles. The van der Waals surface area contributed by atoms with E-state index < -0.39 is 29.7 Å². The lowest BCUT2D eigenvalue weighted by Crippen LogP contribution is -2.43. The Morgan fingerprint density at radius 3 is 2.03 bits per heavy atom. The summed E-state index contributed by atoms with van der Waals surface area (Å²) in [7, 11) is 0. The van der Waals surface area contributed by atoms with E-state index in [2.05, 4.69) is 17.4 Å². The monoisotopic (exact) mass is 467 g/mol. The Morgan fingerprint density at radius 2 is 1.50 bits per heavy atom. The molecule has 0 spiro atoms. The molecular weight excluding hydrogens is 434 g/mol. The number of nitrogens with one attached hydrogen (secondary N) is 1. The van der Waals surface area contributed by atoms with Crippen LogP contribution in [0.25, 0.3) is 11.1 Å². The van der Waals surface area contributed by atoms with Gasteiger partial charge < -0.3 is 19.5 Å². The predicted molar refractivity (Wildman–Crippen MR) is 128 cm³/mol. The van der Waals surface area contributed by atoms with Gasteiger partial charge in [-0.3, -0.25) is 4.79 Å². The van der Waals surface area contributed by atoms with E-state index >= 15 is 0 Å². The normalized spacial score (nSPS) is 13.6. The number of carbonyl (C=O) groups excluding carboxylic acids is 3. The van der Waals surface area contributed by atoms with E-state index in [0.29, 0.717) is 0 Å². The summed E-state index contributed by atoms with van der Waals surface area (Å²) < 4.78 is 16.1. The van der Waals surface area contributed by atoms with Crippen molar-refractivity contribution < 1.29 is 28.6 Å².